The number of anilines is 1. The van der Waals surface area contributed by atoms with Crippen LogP contribution in [0.3, 0.4) is 0 Å². The fraction of sp³-hybridized carbons (Fsp3) is 0.647. The Bertz CT molecular complexity index is 442. The second-order valence-corrected chi connectivity index (χ2v) is 7.55. The van der Waals surface area contributed by atoms with Crippen LogP contribution in [-0.4, -0.2) is 25.2 Å². The summed E-state index contributed by atoms with van der Waals surface area (Å²) in [4.78, 5) is 2.55. The molecule has 0 radical (unpaired) electrons. The van der Waals surface area contributed by atoms with Gasteiger partial charge >= 0.3 is 0 Å². The van der Waals surface area contributed by atoms with E-state index in [0.717, 1.165) is 19.6 Å². The van der Waals surface area contributed by atoms with Crippen LogP contribution >= 0.6 is 0 Å². The maximum atomic E-state index is 3.70. The van der Waals surface area contributed by atoms with Gasteiger partial charge < -0.3 is 10.2 Å². The van der Waals surface area contributed by atoms with E-state index in [-0.39, 0.29) is 5.54 Å². The molecule has 0 saturated carbocycles. The van der Waals surface area contributed by atoms with Gasteiger partial charge in [-0.25, -0.2) is 0 Å². The van der Waals surface area contributed by atoms with Crippen LogP contribution in [0.25, 0.3) is 0 Å². The van der Waals surface area contributed by atoms with Crippen LogP contribution in [0.2, 0.25) is 0 Å². The Hall–Kier alpha value is -1.02. The highest BCUT2D eigenvalue weighted by Gasteiger charge is 2.33. The minimum Gasteiger partial charge on any atom is -0.369 e. The van der Waals surface area contributed by atoms with Crippen LogP contribution in [-0.2, 0) is 0 Å². The smallest absolute Gasteiger partial charge is 0.0396 e. The SMILES string of the molecule is Cc1ccc(N2CC(C)(C)CNC(C)(C)C2)c(C)c1. The summed E-state index contributed by atoms with van der Waals surface area (Å²) in [5.41, 5.74) is 4.56. The van der Waals surface area contributed by atoms with E-state index in [9.17, 15) is 0 Å². The average Bonchev–Trinajstić information content (AvgIpc) is 2.35. The standard InChI is InChI=1S/C17H28N2/c1-13-7-8-15(14(2)9-13)19-11-16(3,4)10-18-17(5,6)12-19/h7-9,18H,10-12H2,1-6H3. The van der Waals surface area contributed by atoms with Crippen LogP contribution in [0, 0.1) is 19.3 Å². The largest absolute Gasteiger partial charge is 0.369 e. The van der Waals surface area contributed by atoms with Crippen LogP contribution < -0.4 is 10.2 Å². The van der Waals surface area contributed by atoms with Gasteiger partial charge in [0.25, 0.3) is 0 Å². The molecule has 0 bridgehead atoms. The molecule has 0 amide bonds. The number of nitrogens with zero attached hydrogens (tertiary/aromatic N) is 1. The molecule has 0 aliphatic carbocycles. The molecule has 0 aromatic heterocycles. The predicted octanol–water partition coefficient (Wildman–Crippen LogP) is 3.52. The summed E-state index contributed by atoms with van der Waals surface area (Å²) >= 11 is 0. The van der Waals surface area contributed by atoms with E-state index < -0.39 is 0 Å². The third-order valence-electron chi connectivity index (χ3n) is 3.94. The minimum absolute atomic E-state index is 0.158. The van der Waals surface area contributed by atoms with Crippen LogP contribution in [0.4, 0.5) is 5.69 Å². The molecular formula is C17H28N2. The van der Waals surface area contributed by atoms with E-state index in [1.807, 2.05) is 0 Å². The normalized spacial score (nSPS) is 22.1. The van der Waals surface area contributed by atoms with Crippen molar-refractivity contribution in [3.8, 4) is 0 Å². The third-order valence-corrected chi connectivity index (χ3v) is 3.94. The summed E-state index contributed by atoms with van der Waals surface area (Å²) in [5, 5.41) is 3.70. The lowest BCUT2D eigenvalue weighted by Crippen LogP contribution is -2.46. The van der Waals surface area contributed by atoms with Gasteiger partial charge in [-0.3, -0.25) is 0 Å². The summed E-state index contributed by atoms with van der Waals surface area (Å²) in [7, 11) is 0. The highest BCUT2D eigenvalue weighted by atomic mass is 15.2. The summed E-state index contributed by atoms with van der Waals surface area (Å²) < 4.78 is 0. The molecule has 106 valence electrons. The topological polar surface area (TPSA) is 15.3 Å². The monoisotopic (exact) mass is 260 g/mol. The van der Waals surface area contributed by atoms with Gasteiger partial charge in [-0.1, -0.05) is 31.5 Å². The zero-order chi connectivity index (χ0) is 14.3. The quantitative estimate of drug-likeness (QED) is 0.831. The highest BCUT2D eigenvalue weighted by molar-refractivity contribution is 5.55. The lowest BCUT2D eigenvalue weighted by Gasteiger charge is -2.34. The Morgan fingerprint density at radius 2 is 1.74 bits per heavy atom. The van der Waals surface area contributed by atoms with Gasteiger partial charge in [-0.15, -0.1) is 0 Å². The predicted molar refractivity (Wildman–Crippen MR) is 84.0 cm³/mol. The first-order valence-electron chi connectivity index (χ1n) is 7.26. The van der Waals surface area contributed by atoms with E-state index in [0.29, 0.717) is 5.41 Å². The van der Waals surface area contributed by atoms with E-state index >= 15 is 0 Å². The number of aryl methyl sites for hydroxylation is 2. The summed E-state index contributed by atoms with van der Waals surface area (Å²) in [5.74, 6) is 0. The molecule has 1 heterocycles. The number of hydrogen-bond donors (Lipinski definition) is 1. The Morgan fingerprint density at radius 3 is 2.37 bits per heavy atom. The zero-order valence-corrected chi connectivity index (χ0v) is 13.3. The van der Waals surface area contributed by atoms with Crippen LogP contribution in [0.1, 0.15) is 38.8 Å². The Balaban J connectivity index is 2.35. The van der Waals surface area contributed by atoms with Gasteiger partial charge in [0.1, 0.15) is 0 Å². The van der Waals surface area contributed by atoms with Crippen molar-refractivity contribution in [3.05, 3.63) is 29.3 Å². The van der Waals surface area contributed by atoms with Crippen molar-refractivity contribution >= 4 is 5.69 Å². The maximum absolute atomic E-state index is 3.70. The minimum atomic E-state index is 0.158. The maximum Gasteiger partial charge on any atom is 0.0396 e. The van der Waals surface area contributed by atoms with Crippen molar-refractivity contribution in [3.63, 3.8) is 0 Å². The first-order chi connectivity index (χ1) is 8.69. The molecule has 1 aliphatic heterocycles. The number of hydrogen-bond acceptors (Lipinski definition) is 2. The van der Waals surface area contributed by atoms with Crippen molar-refractivity contribution in [2.45, 2.75) is 47.1 Å². The number of nitrogens with one attached hydrogen (secondary N) is 1. The Labute approximate surface area is 118 Å². The molecule has 1 aromatic rings. The molecule has 0 atom stereocenters. The Morgan fingerprint density at radius 1 is 1.05 bits per heavy atom. The van der Waals surface area contributed by atoms with Gasteiger partial charge in [0, 0.05) is 30.9 Å². The van der Waals surface area contributed by atoms with Gasteiger partial charge in [0.2, 0.25) is 0 Å². The second-order valence-electron chi connectivity index (χ2n) is 7.55. The summed E-state index contributed by atoms with van der Waals surface area (Å²) in [6.45, 7) is 16.9. The molecule has 0 unspecified atom stereocenters. The molecule has 1 fully saturated rings. The fourth-order valence-corrected chi connectivity index (χ4v) is 2.97. The van der Waals surface area contributed by atoms with Crippen LogP contribution in [0.15, 0.2) is 18.2 Å². The molecular weight excluding hydrogens is 232 g/mol. The second kappa shape index (κ2) is 4.82. The highest BCUT2D eigenvalue weighted by Crippen LogP contribution is 2.29. The first-order valence-corrected chi connectivity index (χ1v) is 7.26. The van der Waals surface area contributed by atoms with Crippen molar-refractivity contribution in [1.29, 1.82) is 0 Å². The molecule has 0 spiro atoms. The van der Waals surface area contributed by atoms with E-state index in [1.165, 1.54) is 16.8 Å². The molecule has 1 aromatic carbocycles. The van der Waals surface area contributed by atoms with Gasteiger partial charge in [0.15, 0.2) is 0 Å². The van der Waals surface area contributed by atoms with Gasteiger partial charge in [-0.2, -0.15) is 0 Å². The fourth-order valence-electron chi connectivity index (χ4n) is 2.97. The molecule has 2 nitrogen and oxygen atoms in total. The van der Waals surface area contributed by atoms with E-state index in [2.05, 4.69) is 70.0 Å². The molecule has 1 saturated heterocycles. The zero-order valence-electron chi connectivity index (χ0n) is 13.3. The Kier molecular flexibility index (Phi) is 3.65. The van der Waals surface area contributed by atoms with Gasteiger partial charge in [-0.05, 0) is 44.7 Å². The van der Waals surface area contributed by atoms with Crippen molar-refractivity contribution in [1.82, 2.24) is 5.32 Å². The van der Waals surface area contributed by atoms with E-state index in [4.69, 9.17) is 0 Å². The average molecular weight is 260 g/mol. The molecule has 2 heteroatoms. The molecule has 19 heavy (non-hydrogen) atoms. The number of benzene rings is 1. The molecule has 1 N–H and O–H groups in total. The molecule has 2 rings (SSSR count). The van der Waals surface area contributed by atoms with Crippen molar-refractivity contribution in [2.24, 2.45) is 5.41 Å². The van der Waals surface area contributed by atoms with Crippen molar-refractivity contribution in [2.75, 3.05) is 24.5 Å². The van der Waals surface area contributed by atoms with Crippen molar-refractivity contribution < 1.29 is 0 Å². The lowest BCUT2D eigenvalue weighted by atomic mass is 9.92. The van der Waals surface area contributed by atoms with Crippen LogP contribution in [0.5, 0.6) is 0 Å². The van der Waals surface area contributed by atoms with E-state index in [1.54, 1.807) is 0 Å². The lowest BCUT2D eigenvalue weighted by molar-refractivity contribution is 0.332. The number of rotatable bonds is 1. The summed E-state index contributed by atoms with van der Waals surface area (Å²) in [6, 6.07) is 6.79. The third kappa shape index (κ3) is 3.50. The first kappa shape index (κ1) is 14.4. The molecule has 1 aliphatic rings. The van der Waals surface area contributed by atoms with Gasteiger partial charge in [0.05, 0.1) is 0 Å². The summed E-state index contributed by atoms with van der Waals surface area (Å²) in [6.07, 6.45) is 0.